The predicted octanol–water partition coefficient (Wildman–Crippen LogP) is 3.34. The highest BCUT2D eigenvalue weighted by atomic mass is 32.2. The van der Waals surface area contributed by atoms with Crippen molar-refractivity contribution in [2.24, 2.45) is 5.92 Å². The van der Waals surface area contributed by atoms with Crippen LogP contribution in [0.2, 0.25) is 0 Å². The van der Waals surface area contributed by atoms with Crippen LogP contribution in [0, 0.1) is 19.8 Å². The van der Waals surface area contributed by atoms with E-state index in [4.69, 9.17) is 0 Å². The van der Waals surface area contributed by atoms with E-state index in [9.17, 15) is 13.2 Å². The van der Waals surface area contributed by atoms with Gasteiger partial charge in [-0.25, -0.2) is 8.42 Å². The van der Waals surface area contributed by atoms with Crippen molar-refractivity contribution in [3.05, 3.63) is 59.7 Å². The average Bonchev–Trinajstić information content (AvgIpc) is 2.62. The third-order valence-electron chi connectivity index (χ3n) is 4.77. The second kappa shape index (κ2) is 7.60. The number of nitrogens with one attached hydrogen (secondary N) is 1. The number of sulfonamides is 1. The minimum atomic E-state index is -3.49. The Morgan fingerprint density at radius 3 is 2.27 bits per heavy atom. The number of anilines is 1. The van der Waals surface area contributed by atoms with Gasteiger partial charge in [0.05, 0.1) is 4.90 Å². The molecule has 5 nitrogen and oxygen atoms in total. The van der Waals surface area contributed by atoms with Crippen molar-refractivity contribution in [2.45, 2.75) is 31.6 Å². The minimum Gasteiger partial charge on any atom is -0.326 e. The standard InChI is InChI=1S/C20H24N2O3S/c1-15-6-8-19(9-7-15)26(24,25)22-12-10-17(11-13-22)20(23)21-18-5-3-4-16(2)14-18/h3-9,14,17H,10-13H2,1-2H3,(H,21,23). The first-order chi connectivity index (χ1) is 12.4. The number of piperidine rings is 1. The van der Waals surface area contributed by atoms with E-state index in [1.807, 2.05) is 38.1 Å². The van der Waals surface area contributed by atoms with Gasteiger partial charge >= 0.3 is 0 Å². The number of benzene rings is 2. The zero-order valence-electron chi connectivity index (χ0n) is 15.1. The largest absolute Gasteiger partial charge is 0.326 e. The van der Waals surface area contributed by atoms with Crippen molar-refractivity contribution in [3.63, 3.8) is 0 Å². The zero-order valence-corrected chi connectivity index (χ0v) is 15.9. The Kier molecular flexibility index (Phi) is 5.44. The Labute approximate surface area is 155 Å². The quantitative estimate of drug-likeness (QED) is 0.895. The van der Waals surface area contributed by atoms with Gasteiger partial charge in [0, 0.05) is 24.7 Å². The molecule has 0 saturated carbocycles. The second-order valence-electron chi connectivity index (χ2n) is 6.85. The van der Waals surface area contributed by atoms with Crippen LogP contribution in [-0.4, -0.2) is 31.7 Å². The Morgan fingerprint density at radius 1 is 1.00 bits per heavy atom. The molecule has 138 valence electrons. The summed E-state index contributed by atoms with van der Waals surface area (Å²) in [5, 5.41) is 2.94. The molecule has 26 heavy (non-hydrogen) atoms. The molecule has 1 aliphatic heterocycles. The Balaban J connectivity index is 1.61. The van der Waals surface area contributed by atoms with E-state index in [1.165, 1.54) is 4.31 Å². The summed E-state index contributed by atoms with van der Waals surface area (Å²) in [7, 11) is -3.49. The lowest BCUT2D eigenvalue weighted by Crippen LogP contribution is -2.41. The summed E-state index contributed by atoms with van der Waals surface area (Å²) in [4.78, 5) is 12.8. The Morgan fingerprint density at radius 2 is 1.65 bits per heavy atom. The molecule has 0 atom stereocenters. The molecule has 2 aromatic carbocycles. The third-order valence-corrected chi connectivity index (χ3v) is 6.68. The average molecular weight is 372 g/mol. The molecule has 3 rings (SSSR count). The second-order valence-corrected chi connectivity index (χ2v) is 8.79. The molecular formula is C20H24N2O3S. The summed E-state index contributed by atoms with van der Waals surface area (Å²) in [5.74, 6) is -0.206. The number of amides is 1. The molecule has 0 radical (unpaired) electrons. The van der Waals surface area contributed by atoms with E-state index in [1.54, 1.807) is 24.3 Å². The van der Waals surface area contributed by atoms with Crippen molar-refractivity contribution in [1.82, 2.24) is 4.31 Å². The van der Waals surface area contributed by atoms with Gasteiger partial charge in [0.15, 0.2) is 0 Å². The van der Waals surface area contributed by atoms with Crippen molar-refractivity contribution >= 4 is 21.6 Å². The van der Waals surface area contributed by atoms with Crippen LogP contribution in [0.1, 0.15) is 24.0 Å². The van der Waals surface area contributed by atoms with Gasteiger partial charge in [-0.15, -0.1) is 0 Å². The monoisotopic (exact) mass is 372 g/mol. The summed E-state index contributed by atoms with van der Waals surface area (Å²) >= 11 is 0. The fourth-order valence-corrected chi connectivity index (χ4v) is 4.65. The lowest BCUT2D eigenvalue weighted by molar-refractivity contribution is -0.120. The lowest BCUT2D eigenvalue weighted by atomic mass is 9.97. The number of nitrogens with zero attached hydrogens (tertiary/aromatic N) is 1. The van der Waals surface area contributed by atoms with E-state index >= 15 is 0 Å². The molecule has 0 aromatic heterocycles. The first-order valence-electron chi connectivity index (χ1n) is 8.80. The Bertz CT molecular complexity index is 884. The van der Waals surface area contributed by atoms with E-state index in [-0.39, 0.29) is 11.8 Å². The molecule has 1 N–H and O–H groups in total. The van der Waals surface area contributed by atoms with E-state index in [0.717, 1.165) is 16.8 Å². The van der Waals surface area contributed by atoms with Gasteiger partial charge in [0.2, 0.25) is 15.9 Å². The number of hydrogen-bond donors (Lipinski definition) is 1. The highest BCUT2D eigenvalue weighted by molar-refractivity contribution is 7.89. The molecule has 1 heterocycles. The maximum absolute atomic E-state index is 12.7. The summed E-state index contributed by atoms with van der Waals surface area (Å²) in [5.41, 5.74) is 2.89. The van der Waals surface area contributed by atoms with E-state index in [2.05, 4.69) is 5.32 Å². The maximum Gasteiger partial charge on any atom is 0.243 e. The highest BCUT2D eigenvalue weighted by Gasteiger charge is 2.32. The van der Waals surface area contributed by atoms with Crippen molar-refractivity contribution in [3.8, 4) is 0 Å². The predicted molar refractivity (Wildman–Crippen MR) is 102 cm³/mol. The SMILES string of the molecule is Cc1ccc(S(=O)(=O)N2CCC(C(=O)Nc3cccc(C)c3)CC2)cc1. The van der Waals surface area contributed by atoms with E-state index < -0.39 is 10.0 Å². The molecule has 2 aromatic rings. The molecular weight excluding hydrogens is 348 g/mol. The number of carbonyl (C=O) groups excluding carboxylic acids is 1. The molecule has 0 spiro atoms. The molecule has 1 amide bonds. The number of aryl methyl sites for hydroxylation is 2. The van der Waals surface area contributed by atoms with Crippen LogP contribution in [0.25, 0.3) is 0 Å². The smallest absolute Gasteiger partial charge is 0.243 e. The van der Waals surface area contributed by atoms with Crippen LogP contribution in [0.3, 0.4) is 0 Å². The van der Waals surface area contributed by atoms with Crippen LogP contribution in [0.5, 0.6) is 0 Å². The summed E-state index contributed by atoms with van der Waals surface area (Å²) in [6.07, 6.45) is 1.06. The summed E-state index contributed by atoms with van der Waals surface area (Å²) in [6, 6.07) is 14.6. The number of rotatable bonds is 4. The molecule has 1 fully saturated rings. The molecule has 1 aliphatic rings. The third kappa shape index (κ3) is 4.14. The van der Waals surface area contributed by atoms with Crippen molar-refractivity contribution in [2.75, 3.05) is 18.4 Å². The van der Waals surface area contributed by atoms with Crippen LogP contribution in [0.4, 0.5) is 5.69 Å². The summed E-state index contributed by atoms with van der Waals surface area (Å²) in [6.45, 7) is 4.63. The van der Waals surface area contributed by atoms with Crippen LogP contribution < -0.4 is 5.32 Å². The zero-order chi connectivity index (χ0) is 18.7. The minimum absolute atomic E-state index is 0.0389. The van der Waals surface area contributed by atoms with Crippen LogP contribution in [-0.2, 0) is 14.8 Å². The molecule has 0 bridgehead atoms. The maximum atomic E-state index is 12.7. The van der Waals surface area contributed by atoms with Crippen molar-refractivity contribution < 1.29 is 13.2 Å². The molecule has 6 heteroatoms. The normalized spacial score (nSPS) is 16.4. The van der Waals surface area contributed by atoms with Crippen LogP contribution >= 0.6 is 0 Å². The first kappa shape index (κ1) is 18.6. The van der Waals surface area contributed by atoms with E-state index in [0.29, 0.717) is 30.8 Å². The van der Waals surface area contributed by atoms with Gasteiger partial charge < -0.3 is 5.32 Å². The van der Waals surface area contributed by atoms with Crippen LogP contribution in [0.15, 0.2) is 53.4 Å². The first-order valence-corrected chi connectivity index (χ1v) is 10.2. The molecule has 1 saturated heterocycles. The highest BCUT2D eigenvalue weighted by Crippen LogP contribution is 2.25. The van der Waals surface area contributed by atoms with Gasteiger partial charge in [0.25, 0.3) is 0 Å². The fourth-order valence-electron chi connectivity index (χ4n) is 3.18. The topological polar surface area (TPSA) is 66.5 Å². The van der Waals surface area contributed by atoms with Gasteiger partial charge in [-0.1, -0.05) is 29.8 Å². The van der Waals surface area contributed by atoms with Gasteiger partial charge in [0.1, 0.15) is 0 Å². The van der Waals surface area contributed by atoms with Gasteiger partial charge in [-0.2, -0.15) is 4.31 Å². The number of hydrogen-bond acceptors (Lipinski definition) is 3. The Hall–Kier alpha value is -2.18. The molecule has 0 unspecified atom stereocenters. The lowest BCUT2D eigenvalue weighted by Gasteiger charge is -2.30. The van der Waals surface area contributed by atoms with Gasteiger partial charge in [-0.05, 0) is 56.5 Å². The van der Waals surface area contributed by atoms with Crippen molar-refractivity contribution in [1.29, 1.82) is 0 Å². The van der Waals surface area contributed by atoms with Gasteiger partial charge in [-0.3, -0.25) is 4.79 Å². The fraction of sp³-hybridized carbons (Fsp3) is 0.350. The summed E-state index contributed by atoms with van der Waals surface area (Å²) < 4.78 is 26.9. The number of carbonyl (C=O) groups is 1. The molecule has 0 aliphatic carbocycles.